The van der Waals surface area contributed by atoms with Crippen molar-refractivity contribution in [2.75, 3.05) is 38.1 Å². The first-order valence-corrected chi connectivity index (χ1v) is 10.1. The number of ether oxygens (including phenoxy) is 1. The Morgan fingerprint density at radius 1 is 1.21 bits per heavy atom. The largest absolute Gasteiger partial charge is 0.492 e. The number of amides is 2. The van der Waals surface area contributed by atoms with Crippen LogP contribution in [0.1, 0.15) is 12.8 Å². The SMILES string of the molecule is CCOc1ccccc1NC(=O)N1CCN(Cc2nc3cc(Cl)ccc3o2)CC1. The van der Waals surface area contributed by atoms with Crippen LogP contribution in [0.2, 0.25) is 5.02 Å². The van der Waals surface area contributed by atoms with Gasteiger partial charge in [0.05, 0.1) is 18.8 Å². The maximum absolute atomic E-state index is 12.6. The van der Waals surface area contributed by atoms with Gasteiger partial charge in [-0.15, -0.1) is 0 Å². The molecule has 2 aromatic carbocycles. The highest BCUT2D eigenvalue weighted by Gasteiger charge is 2.23. The molecule has 4 rings (SSSR count). The van der Waals surface area contributed by atoms with Crippen molar-refractivity contribution in [2.24, 2.45) is 0 Å². The quantitative estimate of drug-likeness (QED) is 0.676. The predicted octanol–water partition coefficient (Wildman–Crippen LogP) is 4.23. The van der Waals surface area contributed by atoms with Gasteiger partial charge >= 0.3 is 6.03 Å². The molecule has 1 N–H and O–H groups in total. The number of anilines is 1. The van der Waals surface area contributed by atoms with E-state index in [1.54, 1.807) is 12.1 Å². The lowest BCUT2D eigenvalue weighted by atomic mass is 10.3. The van der Waals surface area contributed by atoms with Crippen LogP contribution in [-0.2, 0) is 6.54 Å². The van der Waals surface area contributed by atoms with Gasteiger partial charge in [-0.25, -0.2) is 9.78 Å². The first-order chi connectivity index (χ1) is 14.1. The first-order valence-electron chi connectivity index (χ1n) is 9.67. The number of hydrogen-bond acceptors (Lipinski definition) is 5. The van der Waals surface area contributed by atoms with E-state index in [2.05, 4.69) is 15.2 Å². The summed E-state index contributed by atoms with van der Waals surface area (Å²) in [4.78, 5) is 21.2. The highest BCUT2D eigenvalue weighted by molar-refractivity contribution is 6.31. The number of carbonyl (C=O) groups excluding carboxylic acids is 1. The Labute approximate surface area is 174 Å². The summed E-state index contributed by atoms with van der Waals surface area (Å²) in [7, 11) is 0. The number of carbonyl (C=O) groups is 1. The normalized spacial score (nSPS) is 14.9. The third-order valence-electron chi connectivity index (χ3n) is 4.84. The fourth-order valence-corrected chi connectivity index (χ4v) is 3.53. The van der Waals surface area contributed by atoms with E-state index in [-0.39, 0.29) is 6.03 Å². The number of nitrogens with one attached hydrogen (secondary N) is 1. The fraction of sp³-hybridized carbons (Fsp3) is 0.333. The highest BCUT2D eigenvalue weighted by atomic mass is 35.5. The third-order valence-corrected chi connectivity index (χ3v) is 5.08. The molecular formula is C21H23ClN4O3. The number of rotatable bonds is 5. The maximum Gasteiger partial charge on any atom is 0.322 e. The Morgan fingerprint density at radius 2 is 2.00 bits per heavy atom. The lowest BCUT2D eigenvalue weighted by Crippen LogP contribution is -2.49. The van der Waals surface area contributed by atoms with Crippen molar-refractivity contribution in [1.29, 1.82) is 0 Å². The van der Waals surface area contributed by atoms with E-state index in [1.807, 2.05) is 42.2 Å². The molecular weight excluding hydrogens is 392 g/mol. The number of oxazole rings is 1. The lowest BCUT2D eigenvalue weighted by molar-refractivity contribution is 0.136. The Hall–Kier alpha value is -2.77. The number of urea groups is 1. The molecule has 1 aromatic heterocycles. The van der Waals surface area contributed by atoms with Crippen molar-refractivity contribution in [3.05, 3.63) is 53.4 Å². The topological polar surface area (TPSA) is 70.8 Å². The Morgan fingerprint density at radius 3 is 2.79 bits per heavy atom. The average Bonchev–Trinajstić information content (AvgIpc) is 3.11. The maximum atomic E-state index is 12.6. The van der Waals surface area contributed by atoms with Gasteiger partial charge in [0.25, 0.3) is 0 Å². The summed E-state index contributed by atoms with van der Waals surface area (Å²) in [5.74, 6) is 1.34. The van der Waals surface area contributed by atoms with Gasteiger partial charge in [-0.3, -0.25) is 4.90 Å². The first kappa shape index (κ1) is 19.5. The molecule has 8 heteroatoms. The summed E-state index contributed by atoms with van der Waals surface area (Å²) in [5, 5.41) is 3.59. The summed E-state index contributed by atoms with van der Waals surface area (Å²) in [5.41, 5.74) is 2.18. The molecule has 2 amide bonds. The van der Waals surface area contributed by atoms with E-state index in [1.165, 1.54) is 0 Å². The summed E-state index contributed by atoms with van der Waals surface area (Å²) in [6.07, 6.45) is 0. The van der Waals surface area contributed by atoms with Crippen LogP contribution in [0.25, 0.3) is 11.1 Å². The minimum atomic E-state index is -0.117. The molecule has 0 bridgehead atoms. The van der Waals surface area contributed by atoms with Gasteiger partial charge in [0.1, 0.15) is 11.3 Å². The van der Waals surface area contributed by atoms with Crippen molar-refractivity contribution in [3.63, 3.8) is 0 Å². The number of nitrogens with zero attached hydrogens (tertiary/aromatic N) is 3. The zero-order chi connectivity index (χ0) is 20.2. The summed E-state index contributed by atoms with van der Waals surface area (Å²) in [6, 6.07) is 12.8. The van der Waals surface area contributed by atoms with Gasteiger partial charge < -0.3 is 19.4 Å². The van der Waals surface area contributed by atoms with Gasteiger partial charge in [0.15, 0.2) is 5.58 Å². The molecule has 0 radical (unpaired) electrons. The molecule has 3 aromatic rings. The average molecular weight is 415 g/mol. The second-order valence-corrected chi connectivity index (χ2v) is 7.28. The molecule has 152 valence electrons. The Kier molecular flexibility index (Phi) is 5.87. The van der Waals surface area contributed by atoms with Crippen molar-refractivity contribution in [3.8, 4) is 5.75 Å². The molecule has 1 fully saturated rings. The second-order valence-electron chi connectivity index (χ2n) is 6.84. The molecule has 0 unspecified atom stereocenters. The predicted molar refractivity (Wildman–Crippen MR) is 112 cm³/mol. The standard InChI is InChI=1S/C21H23ClN4O3/c1-2-28-18-6-4-3-5-16(18)24-21(27)26-11-9-25(10-12-26)14-20-23-17-13-15(22)7-8-19(17)29-20/h3-8,13H,2,9-12,14H2,1H3,(H,24,27). The van der Waals surface area contributed by atoms with Crippen molar-refractivity contribution in [1.82, 2.24) is 14.8 Å². The zero-order valence-electron chi connectivity index (χ0n) is 16.2. The smallest absolute Gasteiger partial charge is 0.322 e. The van der Waals surface area contributed by atoms with Gasteiger partial charge in [-0.05, 0) is 37.3 Å². The molecule has 1 saturated heterocycles. The third kappa shape index (κ3) is 4.63. The fourth-order valence-electron chi connectivity index (χ4n) is 3.36. The summed E-state index contributed by atoms with van der Waals surface area (Å²) >= 11 is 6.01. The van der Waals surface area contributed by atoms with Gasteiger partial charge in [0, 0.05) is 31.2 Å². The minimum absolute atomic E-state index is 0.117. The molecule has 0 atom stereocenters. The molecule has 0 aliphatic carbocycles. The highest BCUT2D eigenvalue weighted by Crippen LogP contribution is 2.24. The van der Waals surface area contributed by atoms with Crippen LogP contribution in [0.3, 0.4) is 0 Å². The van der Waals surface area contributed by atoms with Gasteiger partial charge in [-0.2, -0.15) is 0 Å². The molecule has 7 nitrogen and oxygen atoms in total. The Balaban J connectivity index is 1.32. The second kappa shape index (κ2) is 8.71. The van der Waals surface area contributed by atoms with Crippen LogP contribution in [0.15, 0.2) is 46.9 Å². The van der Waals surface area contributed by atoms with Crippen LogP contribution < -0.4 is 10.1 Å². The molecule has 29 heavy (non-hydrogen) atoms. The van der Waals surface area contributed by atoms with E-state index in [9.17, 15) is 4.79 Å². The van der Waals surface area contributed by atoms with E-state index >= 15 is 0 Å². The van der Waals surface area contributed by atoms with E-state index in [0.717, 1.165) is 24.2 Å². The molecule has 1 aliphatic rings. The van der Waals surface area contributed by atoms with Crippen molar-refractivity contribution in [2.45, 2.75) is 13.5 Å². The van der Waals surface area contributed by atoms with Crippen molar-refractivity contribution >= 4 is 34.4 Å². The number of para-hydroxylation sites is 2. The minimum Gasteiger partial charge on any atom is -0.492 e. The number of aromatic nitrogens is 1. The summed E-state index contributed by atoms with van der Waals surface area (Å²) in [6.45, 7) is 5.84. The van der Waals surface area contributed by atoms with E-state index in [0.29, 0.717) is 48.6 Å². The number of halogens is 1. The van der Waals surface area contributed by atoms with Gasteiger partial charge in [-0.1, -0.05) is 23.7 Å². The molecule has 0 spiro atoms. The van der Waals surface area contributed by atoms with Crippen molar-refractivity contribution < 1.29 is 13.9 Å². The summed E-state index contributed by atoms with van der Waals surface area (Å²) < 4.78 is 11.4. The monoisotopic (exact) mass is 414 g/mol. The van der Waals surface area contributed by atoms with Crippen LogP contribution in [0.5, 0.6) is 5.75 Å². The van der Waals surface area contributed by atoms with Crippen LogP contribution in [-0.4, -0.2) is 53.6 Å². The van der Waals surface area contributed by atoms with Crippen LogP contribution >= 0.6 is 11.6 Å². The van der Waals surface area contributed by atoms with Crippen LogP contribution in [0.4, 0.5) is 10.5 Å². The van der Waals surface area contributed by atoms with Gasteiger partial charge in [0.2, 0.25) is 5.89 Å². The zero-order valence-corrected chi connectivity index (χ0v) is 17.0. The van der Waals surface area contributed by atoms with E-state index in [4.69, 9.17) is 20.8 Å². The number of fused-ring (bicyclic) bond motifs is 1. The lowest BCUT2D eigenvalue weighted by Gasteiger charge is -2.34. The van der Waals surface area contributed by atoms with Crippen LogP contribution in [0, 0.1) is 0 Å². The molecule has 1 aliphatic heterocycles. The Bertz CT molecular complexity index is 999. The molecule has 0 saturated carbocycles. The number of hydrogen-bond donors (Lipinski definition) is 1. The van der Waals surface area contributed by atoms with E-state index < -0.39 is 0 Å². The number of benzene rings is 2. The molecule has 2 heterocycles. The number of piperazine rings is 1.